The van der Waals surface area contributed by atoms with Gasteiger partial charge in [0.05, 0.1) is 11.5 Å². The third-order valence-electron chi connectivity index (χ3n) is 5.16. The van der Waals surface area contributed by atoms with Crippen molar-refractivity contribution in [1.29, 1.82) is 0 Å². The number of hydrogen-bond donors (Lipinski definition) is 2. The number of benzene rings is 2. The predicted octanol–water partition coefficient (Wildman–Crippen LogP) is 2.64. The zero-order chi connectivity index (χ0) is 23.8. The molecule has 33 heavy (non-hydrogen) atoms. The van der Waals surface area contributed by atoms with Crippen molar-refractivity contribution in [2.45, 2.75) is 11.3 Å². The summed E-state index contributed by atoms with van der Waals surface area (Å²) in [4.78, 5) is 29.0. The summed E-state index contributed by atoms with van der Waals surface area (Å²) >= 11 is 5.96. The van der Waals surface area contributed by atoms with Crippen molar-refractivity contribution in [3.63, 3.8) is 0 Å². The molecule has 178 valence electrons. The molecule has 0 unspecified atom stereocenters. The van der Waals surface area contributed by atoms with Crippen LogP contribution in [0.5, 0.6) is 0 Å². The Morgan fingerprint density at radius 3 is 2.42 bits per heavy atom. The Hall–Kier alpha value is -2.66. The number of ether oxygens (including phenoxy) is 1. The van der Waals surface area contributed by atoms with Crippen molar-refractivity contribution < 1.29 is 22.7 Å². The summed E-state index contributed by atoms with van der Waals surface area (Å²) < 4.78 is 31.8. The van der Waals surface area contributed by atoms with Gasteiger partial charge in [0.1, 0.15) is 0 Å². The fraction of sp³-hybridized carbons (Fsp3) is 0.364. The SMILES string of the molecule is COCCNS(=O)(=O)c1ccc(C(=O)N2CCCN(C(=O)Nc3cccc(Cl)c3)CC2)cc1. The summed E-state index contributed by atoms with van der Waals surface area (Å²) in [6.07, 6.45) is 0.630. The number of nitrogens with one attached hydrogen (secondary N) is 2. The average Bonchev–Trinajstić information content (AvgIpc) is 3.05. The van der Waals surface area contributed by atoms with Gasteiger partial charge in [0.15, 0.2) is 0 Å². The minimum absolute atomic E-state index is 0.0786. The highest BCUT2D eigenvalue weighted by molar-refractivity contribution is 7.89. The van der Waals surface area contributed by atoms with Crippen LogP contribution in [0.1, 0.15) is 16.8 Å². The summed E-state index contributed by atoms with van der Waals surface area (Å²) in [5.41, 5.74) is 0.999. The number of hydrogen-bond acceptors (Lipinski definition) is 5. The summed E-state index contributed by atoms with van der Waals surface area (Å²) in [7, 11) is -2.18. The Bertz CT molecular complexity index is 1080. The molecule has 1 heterocycles. The molecule has 3 amide bonds. The van der Waals surface area contributed by atoms with Gasteiger partial charge in [0, 0.05) is 56.1 Å². The first kappa shape index (κ1) is 25.0. The van der Waals surface area contributed by atoms with Gasteiger partial charge in [-0.25, -0.2) is 17.9 Å². The normalized spacial score (nSPS) is 14.6. The standard InChI is InChI=1S/C22H27ClN4O5S/c1-32-15-10-24-33(30,31)20-8-6-17(7-9-20)21(28)26-11-3-12-27(14-13-26)22(29)25-19-5-2-4-18(23)16-19/h2,4-9,16,24H,3,10-15H2,1H3,(H,25,29). The van der Waals surface area contributed by atoms with Gasteiger partial charge in [0.25, 0.3) is 5.91 Å². The van der Waals surface area contributed by atoms with E-state index in [2.05, 4.69) is 10.0 Å². The Kier molecular flexibility index (Phi) is 8.67. The average molecular weight is 495 g/mol. The molecule has 2 aromatic carbocycles. The zero-order valence-electron chi connectivity index (χ0n) is 18.3. The molecule has 2 aromatic rings. The minimum Gasteiger partial charge on any atom is -0.383 e. The first-order valence-electron chi connectivity index (χ1n) is 10.5. The van der Waals surface area contributed by atoms with Gasteiger partial charge in [0.2, 0.25) is 10.0 Å². The molecular weight excluding hydrogens is 468 g/mol. The lowest BCUT2D eigenvalue weighted by Crippen LogP contribution is -2.39. The summed E-state index contributed by atoms with van der Waals surface area (Å²) in [5, 5.41) is 3.36. The van der Waals surface area contributed by atoms with Gasteiger partial charge >= 0.3 is 6.03 Å². The van der Waals surface area contributed by atoms with Gasteiger partial charge in [-0.2, -0.15) is 0 Å². The van der Waals surface area contributed by atoms with E-state index in [1.807, 2.05) is 0 Å². The van der Waals surface area contributed by atoms with Crippen LogP contribution in [0.4, 0.5) is 10.5 Å². The number of urea groups is 1. The first-order chi connectivity index (χ1) is 15.8. The second-order valence-electron chi connectivity index (χ2n) is 7.49. The Balaban J connectivity index is 1.58. The lowest BCUT2D eigenvalue weighted by Gasteiger charge is -2.22. The molecule has 3 rings (SSSR count). The van der Waals surface area contributed by atoms with Crippen LogP contribution < -0.4 is 10.0 Å². The zero-order valence-corrected chi connectivity index (χ0v) is 19.9. The van der Waals surface area contributed by atoms with Crippen molar-refractivity contribution in [1.82, 2.24) is 14.5 Å². The molecule has 2 N–H and O–H groups in total. The van der Waals surface area contributed by atoms with Crippen LogP contribution in [0.25, 0.3) is 0 Å². The smallest absolute Gasteiger partial charge is 0.321 e. The molecule has 9 nitrogen and oxygen atoms in total. The van der Waals surface area contributed by atoms with E-state index in [4.69, 9.17) is 16.3 Å². The van der Waals surface area contributed by atoms with Gasteiger partial charge in [-0.3, -0.25) is 4.79 Å². The lowest BCUT2D eigenvalue weighted by molar-refractivity contribution is 0.0762. The number of amides is 3. The fourth-order valence-electron chi connectivity index (χ4n) is 3.41. The van der Waals surface area contributed by atoms with Crippen LogP contribution in [0.3, 0.4) is 0 Å². The molecule has 1 fully saturated rings. The largest absolute Gasteiger partial charge is 0.383 e. The third-order valence-corrected chi connectivity index (χ3v) is 6.87. The van der Waals surface area contributed by atoms with Crippen LogP contribution in [0, 0.1) is 0 Å². The van der Waals surface area contributed by atoms with Crippen molar-refractivity contribution in [3.05, 3.63) is 59.1 Å². The molecule has 1 aliphatic rings. The summed E-state index contributed by atoms with van der Waals surface area (Å²) in [5.74, 6) is -0.205. The van der Waals surface area contributed by atoms with E-state index in [-0.39, 0.29) is 30.0 Å². The highest BCUT2D eigenvalue weighted by atomic mass is 35.5. The van der Waals surface area contributed by atoms with Crippen molar-refractivity contribution >= 4 is 39.2 Å². The number of sulfonamides is 1. The van der Waals surface area contributed by atoms with Crippen LogP contribution in [0.15, 0.2) is 53.4 Å². The maximum atomic E-state index is 12.9. The Labute approximate surface area is 198 Å². The molecule has 0 spiro atoms. The first-order valence-corrected chi connectivity index (χ1v) is 12.4. The predicted molar refractivity (Wildman–Crippen MR) is 126 cm³/mol. The second-order valence-corrected chi connectivity index (χ2v) is 9.69. The van der Waals surface area contributed by atoms with E-state index in [0.29, 0.717) is 48.9 Å². The quantitative estimate of drug-likeness (QED) is 0.575. The topological polar surface area (TPSA) is 108 Å². The molecule has 11 heteroatoms. The summed E-state index contributed by atoms with van der Waals surface area (Å²) in [6, 6.07) is 12.5. The molecule has 0 bridgehead atoms. The third kappa shape index (κ3) is 6.91. The van der Waals surface area contributed by atoms with Crippen LogP contribution >= 0.6 is 11.6 Å². The Morgan fingerprint density at radius 1 is 1.03 bits per heavy atom. The molecule has 0 atom stereocenters. The number of rotatable bonds is 7. The van der Waals surface area contributed by atoms with Crippen molar-refractivity contribution in [2.24, 2.45) is 0 Å². The van der Waals surface area contributed by atoms with Crippen molar-refractivity contribution in [3.8, 4) is 0 Å². The molecular formula is C22H27ClN4O5S. The molecule has 1 saturated heterocycles. The van der Waals surface area contributed by atoms with E-state index in [1.54, 1.807) is 34.1 Å². The number of nitrogens with zero attached hydrogens (tertiary/aromatic N) is 2. The van der Waals surface area contributed by atoms with E-state index < -0.39 is 10.0 Å². The van der Waals surface area contributed by atoms with Crippen molar-refractivity contribution in [2.75, 3.05) is 51.8 Å². The minimum atomic E-state index is -3.67. The van der Waals surface area contributed by atoms with E-state index in [1.165, 1.54) is 31.4 Å². The lowest BCUT2D eigenvalue weighted by atomic mass is 10.2. The molecule has 1 aliphatic heterocycles. The number of anilines is 1. The number of carbonyl (C=O) groups is 2. The number of halogens is 1. The van der Waals surface area contributed by atoms with Crippen LogP contribution in [0.2, 0.25) is 5.02 Å². The maximum absolute atomic E-state index is 12.9. The van der Waals surface area contributed by atoms with Gasteiger partial charge in [-0.15, -0.1) is 0 Å². The van der Waals surface area contributed by atoms with Gasteiger partial charge in [-0.1, -0.05) is 17.7 Å². The molecule has 0 aromatic heterocycles. The van der Waals surface area contributed by atoms with Crippen LogP contribution in [-0.4, -0.2) is 76.6 Å². The molecule has 0 aliphatic carbocycles. The number of methoxy groups -OCH3 is 1. The van der Waals surface area contributed by atoms with Gasteiger partial charge < -0.3 is 19.9 Å². The monoisotopic (exact) mass is 494 g/mol. The highest BCUT2D eigenvalue weighted by Gasteiger charge is 2.23. The molecule has 0 saturated carbocycles. The second kappa shape index (κ2) is 11.5. The Morgan fingerprint density at radius 2 is 1.73 bits per heavy atom. The van der Waals surface area contributed by atoms with Gasteiger partial charge in [-0.05, 0) is 48.9 Å². The van der Waals surface area contributed by atoms with E-state index in [0.717, 1.165) is 0 Å². The van der Waals surface area contributed by atoms with Crippen LogP contribution in [-0.2, 0) is 14.8 Å². The fourth-order valence-corrected chi connectivity index (χ4v) is 4.62. The summed E-state index contributed by atoms with van der Waals surface area (Å²) in [6.45, 7) is 2.20. The van der Waals surface area contributed by atoms with E-state index in [9.17, 15) is 18.0 Å². The number of carbonyl (C=O) groups excluding carboxylic acids is 2. The molecule has 0 radical (unpaired) electrons. The van der Waals surface area contributed by atoms with E-state index >= 15 is 0 Å². The maximum Gasteiger partial charge on any atom is 0.321 e. The highest BCUT2D eigenvalue weighted by Crippen LogP contribution is 2.17.